The number of alkyl halides is 1. The standard InChI is InChI=1S/C10H13FO2/c1-7(11)10(12)8-3-5-9(13-2)6-4-8/h3-7,10,12H,1-2H3/t7-,10?/m1/s1. The van der Waals surface area contributed by atoms with Gasteiger partial charge in [-0.2, -0.15) is 0 Å². The van der Waals surface area contributed by atoms with E-state index < -0.39 is 12.3 Å². The molecule has 0 aliphatic heterocycles. The van der Waals surface area contributed by atoms with Crippen LogP contribution in [0.4, 0.5) is 4.39 Å². The molecule has 0 saturated carbocycles. The van der Waals surface area contributed by atoms with Crippen molar-refractivity contribution in [2.45, 2.75) is 19.2 Å². The molecule has 0 radical (unpaired) electrons. The lowest BCUT2D eigenvalue weighted by molar-refractivity contribution is 0.0882. The molecule has 0 spiro atoms. The molecular formula is C10H13FO2. The molecule has 0 aromatic heterocycles. The summed E-state index contributed by atoms with van der Waals surface area (Å²) in [7, 11) is 1.56. The summed E-state index contributed by atoms with van der Waals surface area (Å²) < 4.78 is 17.6. The third-order valence-corrected chi connectivity index (χ3v) is 1.89. The Balaban J connectivity index is 2.79. The van der Waals surface area contributed by atoms with Crippen molar-refractivity contribution in [2.75, 3.05) is 7.11 Å². The number of halogens is 1. The number of aliphatic hydroxyl groups is 1. The number of hydrogen-bond donors (Lipinski definition) is 1. The average molecular weight is 184 g/mol. The third-order valence-electron chi connectivity index (χ3n) is 1.89. The van der Waals surface area contributed by atoms with E-state index in [-0.39, 0.29) is 0 Å². The molecule has 1 rings (SSSR count). The van der Waals surface area contributed by atoms with Crippen LogP contribution in [-0.2, 0) is 0 Å². The fourth-order valence-corrected chi connectivity index (χ4v) is 1.07. The van der Waals surface area contributed by atoms with Gasteiger partial charge in [0.2, 0.25) is 0 Å². The van der Waals surface area contributed by atoms with Gasteiger partial charge in [-0.05, 0) is 24.6 Å². The summed E-state index contributed by atoms with van der Waals surface area (Å²) in [5, 5.41) is 9.35. The molecule has 0 amide bonds. The van der Waals surface area contributed by atoms with Crippen molar-refractivity contribution >= 4 is 0 Å². The van der Waals surface area contributed by atoms with Crippen LogP contribution >= 0.6 is 0 Å². The smallest absolute Gasteiger partial charge is 0.127 e. The molecule has 1 unspecified atom stereocenters. The largest absolute Gasteiger partial charge is 0.497 e. The summed E-state index contributed by atoms with van der Waals surface area (Å²) in [6.07, 6.45) is -2.31. The molecule has 1 aromatic carbocycles. The molecule has 72 valence electrons. The van der Waals surface area contributed by atoms with Crippen LogP contribution in [0, 0.1) is 0 Å². The van der Waals surface area contributed by atoms with Crippen molar-refractivity contribution in [3.05, 3.63) is 29.8 Å². The Hall–Kier alpha value is -1.09. The second kappa shape index (κ2) is 4.23. The number of ether oxygens (including phenoxy) is 1. The summed E-state index contributed by atoms with van der Waals surface area (Å²) >= 11 is 0. The lowest BCUT2D eigenvalue weighted by atomic mass is 10.1. The van der Waals surface area contributed by atoms with E-state index in [0.717, 1.165) is 0 Å². The third kappa shape index (κ3) is 2.42. The monoisotopic (exact) mass is 184 g/mol. The highest BCUT2D eigenvalue weighted by Crippen LogP contribution is 2.21. The van der Waals surface area contributed by atoms with Crippen molar-refractivity contribution in [3.63, 3.8) is 0 Å². The van der Waals surface area contributed by atoms with E-state index in [9.17, 15) is 9.50 Å². The number of benzene rings is 1. The molecule has 0 heterocycles. The van der Waals surface area contributed by atoms with Gasteiger partial charge in [0.1, 0.15) is 18.0 Å². The van der Waals surface area contributed by atoms with Gasteiger partial charge in [-0.3, -0.25) is 0 Å². The van der Waals surface area contributed by atoms with Crippen LogP contribution in [0.1, 0.15) is 18.6 Å². The fraction of sp³-hybridized carbons (Fsp3) is 0.400. The Morgan fingerprint density at radius 1 is 1.31 bits per heavy atom. The van der Waals surface area contributed by atoms with E-state index in [4.69, 9.17) is 4.74 Å². The van der Waals surface area contributed by atoms with E-state index in [1.54, 1.807) is 31.4 Å². The predicted molar refractivity (Wildman–Crippen MR) is 48.5 cm³/mol. The highest BCUT2D eigenvalue weighted by atomic mass is 19.1. The van der Waals surface area contributed by atoms with Gasteiger partial charge in [-0.15, -0.1) is 0 Å². The number of hydrogen-bond acceptors (Lipinski definition) is 2. The van der Waals surface area contributed by atoms with Gasteiger partial charge < -0.3 is 9.84 Å². The van der Waals surface area contributed by atoms with Crippen molar-refractivity contribution in [1.29, 1.82) is 0 Å². The zero-order valence-electron chi connectivity index (χ0n) is 7.70. The van der Waals surface area contributed by atoms with Gasteiger partial charge in [0.05, 0.1) is 7.11 Å². The molecule has 0 aliphatic carbocycles. The van der Waals surface area contributed by atoms with Gasteiger partial charge in [0, 0.05) is 0 Å². The average Bonchev–Trinajstić information content (AvgIpc) is 2.17. The van der Waals surface area contributed by atoms with E-state index in [2.05, 4.69) is 0 Å². The first-order chi connectivity index (χ1) is 6.15. The zero-order valence-corrected chi connectivity index (χ0v) is 7.70. The number of methoxy groups -OCH3 is 1. The Morgan fingerprint density at radius 2 is 1.85 bits per heavy atom. The second-order valence-corrected chi connectivity index (χ2v) is 2.90. The lowest BCUT2D eigenvalue weighted by Crippen LogP contribution is -2.08. The summed E-state index contributed by atoms with van der Waals surface area (Å²) in [6, 6.07) is 6.70. The van der Waals surface area contributed by atoms with Gasteiger partial charge in [-0.25, -0.2) is 4.39 Å². The van der Waals surface area contributed by atoms with Gasteiger partial charge in [0.25, 0.3) is 0 Å². The number of rotatable bonds is 3. The van der Waals surface area contributed by atoms with Crippen LogP contribution < -0.4 is 4.74 Å². The van der Waals surface area contributed by atoms with E-state index in [0.29, 0.717) is 11.3 Å². The zero-order chi connectivity index (χ0) is 9.84. The summed E-state index contributed by atoms with van der Waals surface area (Å²) in [4.78, 5) is 0. The van der Waals surface area contributed by atoms with Crippen molar-refractivity contribution in [3.8, 4) is 5.75 Å². The highest BCUT2D eigenvalue weighted by molar-refractivity contribution is 5.28. The quantitative estimate of drug-likeness (QED) is 0.779. The minimum atomic E-state index is -1.26. The van der Waals surface area contributed by atoms with E-state index in [1.807, 2.05) is 0 Å². The van der Waals surface area contributed by atoms with Crippen LogP contribution in [0.25, 0.3) is 0 Å². The maximum Gasteiger partial charge on any atom is 0.127 e. The number of aliphatic hydroxyl groups excluding tert-OH is 1. The summed E-state index contributed by atoms with van der Waals surface area (Å²) in [6.45, 7) is 1.33. The molecule has 2 atom stereocenters. The van der Waals surface area contributed by atoms with Crippen LogP contribution in [-0.4, -0.2) is 18.4 Å². The molecule has 1 N–H and O–H groups in total. The summed E-state index contributed by atoms with van der Waals surface area (Å²) in [5.74, 6) is 0.697. The Kier molecular flexibility index (Phi) is 3.25. The fourth-order valence-electron chi connectivity index (χ4n) is 1.07. The van der Waals surface area contributed by atoms with Crippen molar-refractivity contribution < 1.29 is 14.2 Å². The molecule has 0 fully saturated rings. The minimum Gasteiger partial charge on any atom is -0.497 e. The molecular weight excluding hydrogens is 171 g/mol. The first kappa shape index (κ1) is 9.99. The molecule has 2 nitrogen and oxygen atoms in total. The van der Waals surface area contributed by atoms with Crippen LogP contribution in [0.15, 0.2) is 24.3 Å². The van der Waals surface area contributed by atoms with Crippen molar-refractivity contribution in [2.24, 2.45) is 0 Å². The Labute approximate surface area is 77.0 Å². The topological polar surface area (TPSA) is 29.5 Å². The summed E-state index contributed by atoms with van der Waals surface area (Å²) in [5.41, 5.74) is 0.566. The lowest BCUT2D eigenvalue weighted by Gasteiger charge is -2.12. The second-order valence-electron chi connectivity index (χ2n) is 2.90. The van der Waals surface area contributed by atoms with Gasteiger partial charge in [-0.1, -0.05) is 12.1 Å². The highest BCUT2D eigenvalue weighted by Gasteiger charge is 2.14. The predicted octanol–water partition coefficient (Wildman–Crippen LogP) is 2.09. The van der Waals surface area contributed by atoms with E-state index >= 15 is 0 Å². The van der Waals surface area contributed by atoms with Crippen LogP contribution in [0.2, 0.25) is 0 Å². The van der Waals surface area contributed by atoms with E-state index in [1.165, 1.54) is 6.92 Å². The minimum absolute atomic E-state index is 0.566. The Morgan fingerprint density at radius 3 is 2.23 bits per heavy atom. The molecule has 0 bridgehead atoms. The van der Waals surface area contributed by atoms with Crippen LogP contribution in [0.5, 0.6) is 5.75 Å². The first-order valence-corrected chi connectivity index (χ1v) is 4.11. The molecule has 1 aromatic rings. The normalized spacial score (nSPS) is 15.1. The van der Waals surface area contributed by atoms with Crippen molar-refractivity contribution in [1.82, 2.24) is 0 Å². The molecule has 0 saturated heterocycles. The van der Waals surface area contributed by atoms with Crippen LogP contribution in [0.3, 0.4) is 0 Å². The molecule has 0 aliphatic rings. The molecule has 13 heavy (non-hydrogen) atoms. The maximum absolute atomic E-state index is 12.7. The first-order valence-electron chi connectivity index (χ1n) is 4.11. The maximum atomic E-state index is 12.7. The molecule has 3 heteroatoms. The van der Waals surface area contributed by atoms with Gasteiger partial charge >= 0.3 is 0 Å². The van der Waals surface area contributed by atoms with Gasteiger partial charge in [0.15, 0.2) is 0 Å². The Bertz CT molecular complexity index is 256. The SMILES string of the molecule is COc1ccc(C(O)[C@@H](C)F)cc1.